The molecular weight excluding hydrogens is 430 g/mol. The first-order chi connectivity index (χ1) is 15.0. The van der Waals surface area contributed by atoms with Gasteiger partial charge in [-0.25, -0.2) is 8.42 Å². The zero-order valence-corrected chi connectivity index (χ0v) is 18.5. The highest BCUT2D eigenvalue weighted by Crippen LogP contribution is 2.34. The fraction of sp³-hybridized carbons (Fsp3) is 0.217. The minimum Gasteiger partial charge on any atom is -0.325 e. The molecule has 0 bridgehead atoms. The summed E-state index contributed by atoms with van der Waals surface area (Å²) in [5, 5.41) is 3.05. The van der Waals surface area contributed by atoms with Crippen LogP contribution in [0, 0.1) is 5.92 Å². The van der Waals surface area contributed by atoms with Gasteiger partial charge in [-0.15, -0.1) is 0 Å². The van der Waals surface area contributed by atoms with Crippen LogP contribution in [0.3, 0.4) is 0 Å². The number of amides is 1. The molecule has 0 radical (unpaired) electrons. The Labute approximate surface area is 186 Å². The summed E-state index contributed by atoms with van der Waals surface area (Å²) < 4.78 is 26.9. The normalized spacial score (nSPS) is 15.5. The first-order valence-electron chi connectivity index (χ1n) is 10.1. The average molecular weight is 454 g/mol. The smallest absolute Gasteiger partial charge is 0.244 e. The Kier molecular flexibility index (Phi) is 6.70. The standard InChI is InChI=1S/C23H23N3O3S2/c27-23(25-21-10-4-5-11-22(21)30-19-7-2-1-3-8-19)18-12-15-26(16-13-18)31(28,29)20-9-6-14-24-17-20/h1-11,14,17-18H,12-13,15-16H2,(H,25,27). The molecule has 1 aromatic heterocycles. The quantitative estimate of drug-likeness (QED) is 0.603. The molecule has 0 aliphatic carbocycles. The van der Waals surface area contributed by atoms with Crippen LogP contribution in [0.15, 0.2) is 93.8 Å². The van der Waals surface area contributed by atoms with Gasteiger partial charge in [0.25, 0.3) is 0 Å². The van der Waals surface area contributed by atoms with E-state index in [1.807, 2.05) is 54.6 Å². The minimum atomic E-state index is -3.58. The number of nitrogens with one attached hydrogen (secondary N) is 1. The second kappa shape index (κ2) is 9.64. The van der Waals surface area contributed by atoms with E-state index in [0.29, 0.717) is 25.9 Å². The van der Waals surface area contributed by atoms with E-state index in [1.165, 1.54) is 10.5 Å². The molecular formula is C23H23N3O3S2. The van der Waals surface area contributed by atoms with Crippen molar-refractivity contribution in [2.45, 2.75) is 27.5 Å². The van der Waals surface area contributed by atoms with Crippen LogP contribution >= 0.6 is 11.8 Å². The lowest BCUT2D eigenvalue weighted by Crippen LogP contribution is -2.41. The van der Waals surface area contributed by atoms with Gasteiger partial charge in [-0.2, -0.15) is 4.31 Å². The van der Waals surface area contributed by atoms with Crippen LogP contribution in [-0.2, 0) is 14.8 Å². The Hall–Kier alpha value is -2.68. The van der Waals surface area contributed by atoms with E-state index in [2.05, 4.69) is 10.3 Å². The molecule has 0 saturated carbocycles. The van der Waals surface area contributed by atoms with E-state index >= 15 is 0 Å². The molecule has 6 nitrogen and oxygen atoms in total. The number of anilines is 1. The van der Waals surface area contributed by atoms with E-state index in [4.69, 9.17) is 0 Å². The zero-order chi connectivity index (χ0) is 21.7. The van der Waals surface area contributed by atoms with E-state index in [0.717, 1.165) is 15.5 Å². The third kappa shape index (κ3) is 5.15. The number of benzene rings is 2. The number of sulfonamides is 1. The van der Waals surface area contributed by atoms with Gasteiger partial charge in [0.05, 0.1) is 5.69 Å². The number of para-hydroxylation sites is 1. The molecule has 4 rings (SSSR count). The number of hydrogen-bond donors (Lipinski definition) is 1. The third-order valence-corrected chi connectivity index (χ3v) is 8.18. The van der Waals surface area contributed by atoms with Crippen molar-refractivity contribution in [2.75, 3.05) is 18.4 Å². The molecule has 1 fully saturated rings. The maximum atomic E-state index is 12.9. The van der Waals surface area contributed by atoms with Crippen molar-refractivity contribution in [3.8, 4) is 0 Å². The lowest BCUT2D eigenvalue weighted by Gasteiger charge is -2.30. The molecule has 0 atom stereocenters. The number of rotatable bonds is 6. The van der Waals surface area contributed by atoms with Crippen LogP contribution in [0.5, 0.6) is 0 Å². The van der Waals surface area contributed by atoms with E-state index in [9.17, 15) is 13.2 Å². The van der Waals surface area contributed by atoms with E-state index in [-0.39, 0.29) is 16.7 Å². The lowest BCUT2D eigenvalue weighted by atomic mass is 9.97. The number of piperidine rings is 1. The Morgan fingerprint density at radius 1 is 0.968 bits per heavy atom. The maximum absolute atomic E-state index is 12.9. The van der Waals surface area contributed by atoms with Crippen LogP contribution < -0.4 is 5.32 Å². The average Bonchev–Trinajstić information content (AvgIpc) is 2.81. The van der Waals surface area contributed by atoms with Crippen LogP contribution in [0.1, 0.15) is 12.8 Å². The fourth-order valence-electron chi connectivity index (χ4n) is 3.52. The minimum absolute atomic E-state index is 0.0699. The third-order valence-electron chi connectivity index (χ3n) is 5.21. The number of aromatic nitrogens is 1. The van der Waals surface area contributed by atoms with Gasteiger partial charge in [-0.1, -0.05) is 42.1 Å². The topological polar surface area (TPSA) is 79.4 Å². The Morgan fingerprint density at radius 3 is 2.39 bits per heavy atom. The summed E-state index contributed by atoms with van der Waals surface area (Å²) in [5.74, 6) is -0.297. The van der Waals surface area contributed by atoms with Gasteiger partial charge in [-0.05, 0) is 49.2 Å². The number of nitrogens with zero attached hydrogens (tertiary/aromatic N) is 2. The first kappa shape index (κ1) is 21.5. The molecule has 31 heavy (non-hydrogen) atoms. The van der Waals surface area contributed by atoms with Crippen LogP contribution in [0.2, 0.25) is 0 Å². The Morgan fingerprint density at radius 2 is 1.68 bits per heavy atom. The van der Waals surface area contributed by atoms with E-state index in [1.54, 1.807) is 30.1 Å². The molecule has 1 saturated heterocycles. The van der Waals surface area contributed by atoms with Crippen LogP contribution in [-0.4, -0.2) is 36.7 Å². The van der Waals surface area contributed by atoms with Gasteiger partial charge in [0.1, 0.15) is 4.90 Å². The predicted molar refractivity (Wildman–Crippen MR) is 121 cm³/mol. The number of pyridine rings is 1. The summed E-state index contributed by atoms with van der Waals surface area (Å²) in [5.41, 5.74) is 0.770. The highest BCUT2D eigenvalue weighted by Gasteiger charge is 2.32. The summed E-state index contributed by atoms with van der Waals surface area (Å²) in [7, 11) is -3.58. The molecule has 0 spiro atoms. The Bertz CT molecular complexity index is 1130. The van der Waals surface area contributed by atoms with Crippen molar-refractivity contribution in [2.24, 2.45) is 5.92 Å². The van der Waals surface area contributed by atoms with Gasteiger partial charge in [0.2, 0.25) is 15.9 Å². The SMILES string of the molecule is O=C(Nc1ccccc1Sc1ccccc1)C1CCN(S(=O)(=O)c2cccnc2)CC1. The van der Waals surface area contributed by atoms with Crippen molar-refractivity contribution in [3.63, 3.8) is 0 Å². The monoisotopic (exact) mass is 453 g/mol. The van der Waals surface area contributed by atoms with Crippen molar-refractivity contribution in [1.29, 1.82) is 0 Å². The molecule has 1 amide bonds. The number of carbonyl (C=O) groups is 1. The highest BCUT2D eigenvalue weighted by atomic mass is 32.2. The second-order valence-electron chi connectivity index (χ2n) is 7.27. The summed E-state index contributed by atoms with van der Waals surface area (Å²) in [6.45, 7) is 0.630. The van der Waals surface area contributed by atoms with Crippen LogP contribution in [0.4, 0.5) is 5.69 Å². The van der Waals surface area contributed by atoms with Crippen molar-refractivity contribution < 1.29 is 13.2 Å². The molecule has 1 N–H and O–H groups in total. The van der Waals surface area contributed by atoms with Gasteiger partial charge < -0.3 is 5.32 Å². The number of carbonyl (C=O) groups excluding carboxylic acids is 1. The van der Waals surface area contributed by atoms with E-state index < -0.39 is 10.0 Å². The van der Waals surface area contributed by atoms with Gasteiger partial charge >= 0.3 is 0 Å². The van der Waals surface area contributed by atoms with Gasteiger partial charge in [0, 0.05) is 41.2 Å². The lowest BCUT2D eigenvalue weighted by molar-refractivity contribution is -0.120. The highest BCUT2D eigenvalue weighted by molar-refractivity contribution is 7.99. The molecule has 8 heteroatoms. The molecule has 160 valence electrons. The Balaban J connectivity index is 1.39. The van der Waals surface area contributed by atoms with Crippen molar-refractivity contribution >= 4 is 33.4 Å². The van der Waals surface area contributed by atoms with Crippen LogP contribution in [0.25, 0.3) is 0 Å². The molecule has 0 unspecified atom stereocenters. The molecule has 1 aliphatic rings. The van der Waals surface area contributed by atoms with Crippen molar-refractivity contribution in [1.82, 2.24) is 9.29 Å². The summed E-state index contributed by atoms with van der Waals surface area (Å²) in [6.07, 6.45) is 3.87. The summed E-state index contributed by atoms with van der Waals surface area (Å²) >= 11 is 1.60. The second-order valence-corrected chi connectivity index (χ2v) is 10.3. The zero-order valence-electron chi connectivity index (χ0n) is 16.8. The fourth-order valence-corrected chi connectivity index (χ4v) is 5.87. The first-order valence-corrected chi connectivity index (χ1v) is 12.3. The predicted octanol–water partition coefficient (Wildman–Crippen LogP) is 4.27. The number of hydrogen-bond acceptors (Lipinski definition) is 5. The van der Waals surface area contributed by atoms with Gasteiger partial charge in [0.15, 0.2) is 0 Å². The molecule has 2 aromatic carbocycles. The van der Waals surface area contributed by atoms with Crippen molar-refractivity contribution in [3.05, 3.63) is 79.1 Å². The molecule has 1 aliphatic heterocycles. The summed E-state index contributed by atoms with van der Waals surface area (Å²) in [4.78, 5) is 19.1. The largest absolute Gasteiger partial charge is 0.325 e. The van der Waals surface area contributed by atoms with Gasteiger partial charge in [-0.3, -0.25) is 9.78 Å². The summed E-state index contributed by atoms with van der Waals surface area (Å²) in [6, 6.07) is 20.9. The maximum Gasteiger partial charge on any atom is 0.244 e. The molecule has 2 heterocycles. The molecule has 3 aromatic rings.